The van der Waals surface area contributed by atoms with Crippen LogP contribution >= 0.6 is 0 Å². The normalized spacial score (nSPS) is 12.7. The van der Waals surface area contributed by atoms with Gasteiger partial charge in [-0.3, -0.25) is 19.2 Å². The first kappa shape index (κ1) is 32.9. The van der Waals surface area contributed by atoms with Crippen LogP contribution in [-0.4, -0.2) is 61.3 Å². The Morgan fingerprint density at radius 2 is 1.49 bits per heavy atom. The number of hydrogen-bond acceptors (Lipinski definition) is 4. The molecule has 0 aliphatic carbocycles. The Kier molecular flexibility index (Phi) is 15.5. The second kappa shape index (κ2) is 16.5. The van der Waals surface area contributed by atoms with Gasteiger partial charge in [0, 0.05) is 39.0 Å². The molecule has 0 rings (SSSR count). The van der Waals surface area contributed by atoms with E-state index in [1.54, 1.807) is 4.90 Å². The van der Waals surface area contributed by atoms with Crippen molar-refractivity contribution in [2.75, 3.05) is 26.2 Å². The van der Waals surface area contributed by atoms with E-state index < -0.39 is 6.04 Å². The SMILES string of the molecule is CC(C)CCCCC(=O)NCCN(CCNC=O)C(=O)C(CCC(C)(C)C)NC(=O)CC(C)(C)C. The van der Waals surface area contributed by atoms with Crippen LogP contribution in [0.3, 0.4) is 0 Å². The molecule has 0 aromatic rings. The van der Waals surface area contributed by atoms with Gasteiger partial charge in [0.2, 0.25) is 24.1 Å². The monoisotopic (exact) mass is 496 g/mol. The third-order valence-electron chi connectivity index (χ3n) is 5.57. The van der Waals surface area contributed by atoms with Crippen molar-refractivity contribution in [3.05, 3.63) is 0 Å². The van der Waals surface area contributed by atoms with Crippen LogP contribution in [0.4, 0.5) is 0 Å². The Hall–Kier alpha value is -2.12. The molecule has 0 saturated carbocycles. The Labute approximate surface area is 213 Å². The number of unbranched alkanes of at least 4 members (excludes halogenated alkanes) is 1. The summed E-state index contributed by atoms with van der Waals surface area (Å²) >= 11 is 0. The molecule has 8 nitrogen and oxygen atoms in total. The van der Waals surface area contributed by atoms with Gasteiger partial charge in [-0.15, -0.1) is 0 Å². The van der Waals surface area contributed by atoms with Crippen molar-refractivity contribution in [1.82, 2.24) is 20.9 Å². The molecule has 1 unspecified atom stereocenters. The fraction of sp³-hybridized carbons (Fsp3) is 0.852. The quantitative estimate of drug-likeness (QED) is 0.211. The predicted octanol–water partition coefficient (Wildman–Crippen LogP) is 3.64. The van der Waals surface area contributed by atoms with E-state index in [1.165, 1.54) is 0 Å². The minimum absolute atomic E-state index is 0.0146. The second-order valence-corrected chi connectivity index (χ2v) is 12.3. The van der Waals surface area contributed by atoms with E-state index in [4.69, 9.17) is 0 Å². The van der Waals surface area contributed by atoms with E-state index >= 15 is 0 Å². The number of rotatable bonds is 17. The molecule has 0 aromatic heterocycles. The zero-order valence-electron chi connectivity index (χ0n) is 23.6. The van der Waals surface area contributed by atoms with Crippen LogP contribution in [0.1, 0.15) is 100 Å². The standard InChI is InChI=1S/C27H52N4O4/c1-21(2)11-9-10-12-23(33)29-16-18-31(17-15-28-20-32)25(35)22(13-14-26(3,4)5)30-24(34)19-27(6,7)8/h20-22H,9-19H2,1-8H3,(H,28,32)(H,29,33)(H,30,34). The van der Waals surface area contributed by atoms with Gasteiger partial charge in [-0.25, -0.2) is 0 Å². The van der Waals surface area contributed by atoms with Crippen LogP contribution in [0.15, 0.2) is 0 Å². The highest BCUT2D eigenvalue weighted by Gasteiger charge is 2.28. The van der Waals surface area contributed by atoms with E-state index in [1.807, 2.05) is 20.8 Å². The van der Waals surface area contributed by atoms with Crippen LogP contribution in [-0.2, 0) is 19.2 Å². The maximum absolute atomic E-state index is 13.5. The molecule has 204 valence electrons. The van der Waals surface area contributed by atoms with Gasteiger partial charge in [0.15, 0.2) is 0 Å². The molecule has 8 heteroatoms. The highest BCUT2D eigenvalue weighted by molar-refractivity contribution is 5.88. The Balaban J connectivity index is 5.16. The lowest BCUT2D eigenvalue weighted by molar-refractivity contribution is -0.137. The predicted molar refractivity (Wildman–Crippen MR) is 142 cm³/mol. The second-order valence-electron chi connectivity index (χ2n) is 12.3. The van der Waals surface area contributed by atoms with Gasteiger partial charge in [0.1, 0.15) is 6.04 Å². The van der Waals surface area contributed by atoms with Crippen molar-refractivity contribution >= 4 is 24.1 Å². The first-order valence-corrected chi connectivity index (χ1v) is 13.2. The van der Waals surface area contributed by atoms with Gasteiger partial charge >= 0.3 is 0 Å². The van der Waals surface area contributed by atoms with Crippen molar-refractivity contribution in [3.63, 3.8) is 0 Å². The average molecular weight is 497 g/mol. The number of hydrogen-bond donors (Lipinski definition) is 3. The van der Waals surface area contributed by atoms with Crippen molar-refractivity contribution in [2.24, 2.45) is 16.7 Å². The summed E-state index contributed by atoms with van der Waals surface area (Å²) < 4.78 is 0. The number of amides is 4. The van der Waals surface area contributed by atoms with Gasteiger partial charge < -0.3 is 20.9 Å². The Morgan fingerprint density at radius 3 is 2.03 bits per heavy atom. The lowest BCUT2D eigenvalue weighted by atomic mass is 9.88. The molecule has 0 spiro atoms. The maximum atomic E-state index is 13.5. The molecule has 0 saturated heterocycles. The summed E-state index contributed by atoms with van der Waals surface area (Å²) in [5.74, 6) is 0.281. The summed E-state index contributed by atoms with van der Waals surface area (Å²) in [6.45, 7) is 17.9. The topological polar surface area (TPSA) is 108 Å². The van der Waals surface area contributed by atoms with Crippen molar-refractivity contribution in [1.29, 1.82) is 0 Å². The van der Waals surface area contributed by atoms with E-state index in [2.05, 4.69) is 50.6 Å². The van der Waals surface area contributed by atoms with Crippen molar-refractivity contribution in [2.45, 2.75) is 106 Å². The van der Waals surface area contributed by atoms with Crippen LogP contribution in [0.5, 0.6) is 0 Å². The molecule has 0 fully saturated rings. The van der Waals surface area contributed by atoms with Gasteiger partial charge in [0.05, 0.1) is 0 Å². The summed E-state index contributed by atoms with van der Waals surface area (Å²) in [6, 6.07) is -0.646. The van der Waals surface area contributed by atoms with Gasteiger partial charge in [-0.05, 0) is 36.0 Å². The summed E-state index contributed by atoms with van der Waals surface area (Å²) in [6.07, 6.45) is 5.68. The van der Waals surface area contributed by atoms with E-state index in [9.17, 15) is 19.2 Å². The van der Waals surface area contributed by atoms with Crippen LogP contribution < -0.4 is 16.0 Å². The summed E-state index contributed by atoms with van der Waals surface area (Å²) in [5, 5.41) is 8.45. The summed E-state index contributed by atoms with van der Waals surface area (Å²) in [4.78, 5) is 50.7. The van der Waals surface area contributed by atoms with Crippen LogP contribution in [0, 0.1) is 16.7 Å². The maximum Gasteiger partial charge on any atom is 0.245 e. The minimum Gasteiger partial charge on any atom is -0.357 e. The summed E-state index contributed by atoms with van der Waals surface area (Å²) in [5.41, 5.74) is -0.171. The van der Waals surface area contributed by atoms with E-state index in [0.717, 1.165) is 25.7 Å². The zero-order chi connectivity index (χ0) is 27.1. The number of nitrogens with one attached hydrogen (secondary N) is 3. The third-order valence-corrected chi connectivity index (χ3v) is 5.57. The Bertz CT molecular complexity index is 651. The average Bonchev–Trinajstić information content (AvgIpc) is 2.70. The molecule has 0 heterocycles. The fourth-order valence-corrected chi connectivity index (χ4v) is 3.63. The third kappa shape index (κ3) is 18.8. The molecule has 4 amide bonds. The zero-order valence-corrected chi connectivity index (χ0v) is 23.6. The molecule has 0 aromatic carbocycles. The molecule has 1 atom stereocenters. The molecular weight excluding hydrogens is 444 g/mol. The summed E-state index contributed by atoms with van der Waals surface area (Å²) in [7, 11) is 0. The molecule has 0 radical (unpaired) electrons. The number of nitrogens with zero attached hydrogens (tertiary/aromatic N) is 1. The molecule has 0 aliphatic rings. The van der Waals surface area contributed by atoms with Crippen molar-refractivity contribution < 1.29 is 19.2 Å². The highest BCUT2D eigenvalue weighted by Crippen LogP contribution is 2.23. The first-order valence-electron chi connectivity index (χ1n) is 13.2. The molecule has 35 heavy (non-hydrogen) atoms. The van der Waals surface area contributed by atoms with Gasteiger partial charge in [-0.2, -0.15) is 0 Å². The van der Waals surface area contributed by atoms with Gasteiger partial charge in [-0.1, -0.05) is 68.2 Å². The smallest absolute Gasteiger partial charge is 0.245 e. The molecular formula is C27H52N4O4. The minimum atomic E-state index is -0.646. The molecule has 0 aliphatic heterocycles. The van der Waals surface area contributed by atoms with Crippen LogP contribution in [0.25, 0.3) is 0 Å². The lowest BCUT2D eigenvalue weighted by Crippen LogP contribution is -2.52. The molecule has 0 bridgehead atoms. The van der Waals surface area contributed by atoms with Crippen LogP contribution in [0.2, 0.25) is 0 Å². The number of carbonyl (C=O) groups is 4. The number of carbonyl (C=O) groups excluding carboxylic acids is 4. The van der Waals surface area contributed by atoms with Crippen molar-refractivity contribution in [3.8, 4) is 0 Å². The Morgan fingerprint density at radius 1 is 0.857 bits per heavy atom. The van der Waals surface area contributed by atoms with E-state index in [0.29, 0.717) is 57.8 Å². The molecule has 3 N–H and O–H groups in total. The lowest BCUT2D eigenvalue weighted by Gasteiger charge is -2.30. The van der Waals surface area contributed by atoms with Gasteiger partial charge in [0.25, 0.3) is 0 Å². The highest BCUT2D eigenvalue weighted by atomic mass is 16.2. The largest absolute Gasteiger partial charge is 0.357 e. The first-order chi connectivity index (χ1) is 16.1. The van der Waals surface area contributed by atoms with E-state index in [-0.39, 0.29) is 28.6 Å². The fourth-order valence-electron chi connectivity index (χ4n) is 3.63.